The van der Waals surface area contributed by atoms with E-state index in [0.29, 0.717) is 11.1 Å². The van der Waals surface area contributed by atoms with Gasteiger partial charge in [-0.25, -0.2) is 0 Å². The summed E-state index contributed by atoms with van der Waals surface area (Å²) >= 11 is 0. The van der Waals surface area contributed by atoms with Crippen molar-refractivity contribution >= 4 is 5.78 Å². The first-order valence-electron chi connectivity index (χ1n) is 3.45. The zero-order chi connectivity index (χ0) is 9.14. The summed E-state index contributed by atoms with van der Waals surface area (Å²) in [6.07, 6.45) is 1.41. The van der Waals surface area contributed by atoms with Gasteiger partial charge in [-0.15, -0.1) is 11.6 Å². The first-order valence-corrected chi connectivity index (χ1v) is 3.45. The third kappa shape index (κ3) is 2.98. The van der Waals surface area contributed by atoms with E-state index in [4.69, 9.17) is 5.26 Å². The van der Waals surface area contributed by atoms with Crippen molar-refractivity contribution in [3.05, 3.63) is 29.1 Å². The average Bonchev–Trinajstić information content (AvgIpc) is 2.03. The zero-order valence-electron chi connectivity index (χ0n) is 7.46. The van der Waals surface area contributed by atoms with Crippen LogP contribution in [0.1, 0.15) is 28.5 Å². The van der Waals surface area contributed by atoms with Gasteiger partial charge in [-0.3, -0.25) is 10.2 Å². The fourth-order valence-corrected chi connectivity index (χ4v) is 0.915. The van der Waals surface area contributed by atoms with Gasteiger partial charge < -0.3 is 4.79 Å². The Hall–Kier alpha value is -0.586. The number of carbonyl (C=O) groups is 1. The van der Waals surface area contributed by atoms with Crippen LogP contribution in [0, 0.1) is 24.3 Å². The summed E-state index contributed by atoms with van der Waals surface area (Å²) < 4.78 is 0. The van der Waals surface area contributed by atoms with E-state index in [1.807, 2.05) is 6.07 Å². The Morgan fingerprint density at radius 2 is 2.31 bits per heavy atom. The summed E-state index contributed by atoms with van der Waals surface area (Å²) in [6.45, 7) is 3.20. The fourth-order valence-electron chi connectivity index (χ4n) is 0.915. The molecule has 0 aliphatic carbocycles. The van der Waals surface area contributed by atoms with Gasteiger partial charge in [0.05, 0.1) is 0 Å². The molecule has 1 rings (SSSR count). The van der Waals surface area contributed by atoms with Crippen molar-refractivity contribution in [3.63, 3.8) is 0 Å². The molecule has 0 N–H and O–H groups in total. The summed E-state index contributed by atoms with van der Waals surface area (Å²) in [4.78, 5) is 14.7. The normalized spacial score (nSPS) is 8.38. The van der Waals surface area contributed by atoms with Gasteiger partial charge in [-0.1, -0.05) is 12.5 Å². The molecule has 1 radical (unpaired) electrons. The molecule has 0 aliphatic heterocycles. The molecule has 0 fully saturated rings. The fraction of sp³-hybridized carbons (Fsp3) is 0.222. The largest absolute Gasteiger partial charge is 0.309 e. The Morgan fingerprint density at radius 3 is 2.69 bits per heavy atom. The smallest absolute Gasteiger partial charge is 0.108 e. The maximum Gasteiger partial charge on any atom is 0.108 e. The number of pyridine rings is 1. The van der Waals surface area contributed by atoms with Crippen LogP contribution in [0.4, 0.5) is 0 Å². The Balaban J connectivity index is 0.00000144. The summed E-state index contributed by atoms with van der Waals surface area (Å²) in [5.74, 6) is -0.0549. The summed E-state index contributed by atoms with van der Waals surface area (Å²) in [7, 11) is 0. The molecular weight excluding hydrogens is 241 g/mol. The number of nitrogens with zero attached hydrogens (tertiary/aromatic N) is 2. The van der Waals surface area contributed by atoms with E-state index in [9.17, 15) is 4.79 Å². The van der Waals surface area contributed by atoms with Gasteiger partial charge >= 0.3 is 0 Å². The zero-order valence-corrected chi connectivity index (χ0v) is 10.3. The second-order valence-electron chi connectivity index (χ2n) is 2.44. The number of hydrogen-bond donors (Lipinski definition) is 0. The molecule has 0 saturated carbocycles. The van der Waals surface area contributed by atoms with Gasteiger partial charge in [0.1, 0.15) is 5.78 Å². The first-order chi connectivity index (χ1) is 5.65. The third-order valence-corrected chi connectivity index (χ3v) is 1.52. The standard InChI is InChI=1S/C9H7N2O.Y/c1-6-3-8(4-10)11-5-9(6)7(2)12;/h5H,1-2H3;/q-1;. The molecule has 1 aromatic rings. The molecule has 1 heterocycles. The number of carbonyl (C=O) groups excluding carboxylic acids is 1. The number of rotatable bonds is 1. The van der Waals surface area contributed by atoms with Crippen LogP contribution < -0.4 is 0 Å². The number of hydrogen-bond acceptors (Lipinski definition) is 3. The maximum atomic E-state index is 10.9. The molecule has 3 nitrogen and oxygen atoms in total. The number of aromatic nitrogens is 1. The van der Waals surface area contributed by atoms with Crippen molar-refractivity contribution in [1.29, 1.82) is 5.26 Å². The van der Waals surface area contributed by atoms with E-state index >= 15 is 0 Å². The quantitative estimate of drug-likeness (QED) is 0.555. The van der Waals surface area contributed by atoms with Crippen LogP contribution in [0.25, 0.3) is 0 Å². The Labute approximate surface area is 102 Å². The van der Waals surface area contributed by atoms with E-state index in [1.54, 1.807) is 6.92 Å². The minimum Gasteiger partial charge on any atom is -0.309 e. The molecule has 0 aromatic carbocycles. The maximum absolute atomic E-state index is 10.9. The Kier molecular flexibility index (Phi) is 4.98. The molecule has 0 spiro atoms. The average molecular weight is 248 g/mol. The van der Waals surface area contributed by atoms with E-state index in [2.05, 4.69) is 11.1 Å². The third-order valence-electron chi connectivity index (χ3n) is 1.52. The molecule has 63 valence electrons. The number of Topliss-reactive ketones (excluding diaryl/α,β-unsaturated/α-hetero) is 1. The van der Waals surface area contributed by atoms with Crippen LogP contribution in [0.2, 0.25) is 0 Å². The van der Waals surface area contributed by atoms with Gasteiger partial charge in [0, 0.05) is 38.4 Å². The van der Waals surface area contributed by atoms with E-state index in [-0.39, 0.29) is 44.2 Å². The van der Waals surface area contributed by atoms with E-state index in [1.165, 1.54) is 13.1 Å². The topological polar surface area (TPSA) is 53.8 Å². The van der Waals surface area contributed by atoms with Crippen molar-refractivity contribution < 1.29 is 37.5 Å². The minimum absolute atomic E-state index is 0. The van der Waals surface area contributed by atoms with E-state index in [0.717, 1.165) is 0 Å². The van der Waals surface area contributed by atoms with Crippen LogP contribution in [0.5, 0.6) is 0 Å². The van der Waals surface area contributed by atoms with Crippen molar-refractivity contribution in [2.75, 3.05) is 0 Å². The predicted octanol–water partition coefficient (Wildman–Crippen LogP) is 1.26. The Bertz CT molecular complexity index is 368. The first kappa shape index (κ1) is 12.4. The van der Waals surface area contributed by atoms with Gasteiger partial charge in [-0.05, 0) is 19.2 Å². The van der Waals surface area contributed by atoms with Crippen LogP contribution in [-0.4, -0.2) is 10.8 Å². The van der Waals surface area contributed by atoms with Crippen LogP contribution in [0.3, 0.4) is 0 Å². The number of nitriles is 1. The summed E-state index contributed by atoms with van der Waals surface area (Å²) in [6, 6.07) is 4.57. The van der Waals surface area contributed by atoms with Gasteiger partial charge in [-0.2, -0.15) is 0 Å². The number of aryl methyl sites for hydroxylation is 1. The molecule has 1 aromatic heterocycles. The summed E-state index contributed by atoms with van der Waals surface area (Å²) in [5.41, 5.74) is 1.42. The minimum atomic E-state index is -0.0549. The van der Waals surface area contributed by atoms with Gasteiger partial charge in [0.25, 0.3) is 0 Å². The number of ketones is 1. The molecule has 4 heteroatoms. The van der Waals surface area contributed by atoms with Crippen LogP contribution in [-0.2, 0) is 32.7 Å². The van der Waals surface area contributed by atoms with Crippen molar-refractivity contribution in [2.24, 2.45) is 0 Å². The van der Waals surface area contributed by atoms with E-state index < -0.39 is 0 Å². The summed E-state index contributed by atoms with van der Waals surface area (Å²) in [5, 5.41) is 8.46. The Morgan fingerprint density at radius 1 is 1.69 bits per heavy atom. The molecule has 0 unspecified atom stereocenters. The molecule has 0 saturated heterocycles. The molecule has 0 amide bonds. The van der Waals surface area contributed by atoms with Crippen LogP contribution in [0.15, 0.2) is 6.20 Å². The van der Waals surface area contributed by atoms with Gasteiger partial charge in [0.15, 0.2) is 0 Å². The van der Waals surface area contributed by atoms with Crippen LogP contribution >= 0.6 is 0 Å². The van der Waals surface area contributed by atoms with Crippen molar-refractivity contribution in [2.45, 2.75) is 13.8 Å². The second-order valence-corrected chi connectivity index (χ2v) is 2.44. The molecule has 0 bridgehead atoms. The molecule has 0 atom stereocenters. The molecule has 13 heavy (non-hydrogen) atoms. The SMILES string of the molecule is CC(=O)c1cnc(C#N)[c-]c1C.[Y]. The van der Waals surface area contributed by atoms with Gasteiger partial charge in [0.2, 0.25) is 0 Å². The monoisotopic (exact) mass is 248 g/mol. The second kappa shape index (κ2) is 5.21. The van der Waals surface area contributed by atoms with Crippen molar-refractivity contribution in [1.82, 2.24) is 4.98 Å². The predicted molar refractivity (Wildman–Crippen MR) is 42.5 cm³/mol. The molecule has 0 aliphatic rings. The molecular formula is C9H7N2OY-. The van der Waals surface area contributed by atoms with Crippen molar-refractivity contribution in [3.8, 4) is 6.07 Å².